The molecule has 0 radical (unpaired) electrons. The lowest BCUT2D eigenvalue weighted by Crippen LogP contribution is -2.43. The van der Waals surface area contributed by atoms with Crippen molar-refractivity contribution in [2.24, 2.45) is 12.8 Å². The lowest BCUT2D eigenvalue weighted by molar-refractivity contribution is 0.0956. The average molecular weight is 789 g/mol. The van der Waals surface area contributed by atoms with E-state index in [4.69, 9.17) is 38.8 Å². The van der Waals surface area contributed by atoms with Crippen molar-refractivity contribution in [2.75, 3.05) is 18.1 Å². The molecule has 12 heteroatoms. The van der Waals surface area contributed by atoms with Crippen LogP contribution in [0.1, 0.15) is 74.1 Å². The van der Waals surface area contributed by atoms with Crippen LogP contribution < -0.4 is 15.4 Å². The van der Waals surface area contributed by atoms with Gasteiger partial charge in [0.2, 0.25) is 0 Å². The van der Waals surface area contributed by atoms with Crippen molar-refractivity contribution in [3.63, 3.8) is 0 Å². The summed E-state index contributed by atoms with van der Waals surface area (Å²) in [5.41, 5.74) is 16.6. The maximum absolute atomic E-state index is 15.3. The van der Waals surface area contributed by atoms with Crippen molar-refractivity contribution in [2.45, 2.75) is 60.0 Å². The number of anilines is 1. The first-order chi connectivity index (χ1) is 26.8. The van der Waals surface area contributed by atoms with E-state index in [1.165, 1.54) is 0 Å². The molecular formula is C44H43Cl2N7O3. The van der Waals surface area contributed by atoms with Crippen LogP contribution in [0.2, 0.25) is 10.0 Å². The predicted octanol–water partition coefficient (Wildman–Crippen LogP) is 9.31. The highest BCUT2D eigenvalue weighted by molar-refractivity contribution is 6.35. The topological polar surface area (TPSA) is 113 Å². The van der Waals surface area contributed by atoms with Crippen LogP contribution in [0.5, 0.6) is 5.75 Å². The molecular weight excluding hydrogens is 745 g/mol. The van der Waals surface area contributed by atoms with E-state index in [1.807, 2.05) is 110 Å². The first-order valence-corrected chi connectivity index (χ1v) is 19.5. The van der Waals surface area contributed by atoms with E-state index >= 15 is 4.79 Å². The van der Waals surface area contributed by atoms with Gasteiger partial charge in [0.25, 0.3) is 11.8 Å². The standard InChI is InChI=1S/C44H43Cl2N7O3/c1-24-19-31(20-25(2)39(24)46)56-18-10-13-32-33-15-16-34(45)38(37-27(4)49-50(6)28(37)5)41(33)53-26(3)22-52(44(55)42(32)53)35-14-9-11-29-21-36(43(47)54)51(40(29)35)23-30-12-7-8-17-48-30/h7-9,11-12,14-17,19-21,26H,10,13,18,22-23H2,1-6H3,(H2,47,54). The van der Waals surface area contributed by atoms with Gasteiger partial charge >= 0.3 is 0 Å². The number of nitrogens with zero attached hydrogens (tertiary/aromatic N) is 6. The van der Waals surface area contributed by atoms with Gasteiger partial charge in [0.15, 0.2) is 0 Å². The van der Waals surface area contributed by atoms with E-state index in [2.05, 4.69) is 16.5 Å². The number of hydrogen-bond donors (Lipinski definition) is 1. The molecule has 10 nitrogen and oxygen atoms in total. The Morgan fingerprint density at radius 3 is 2.41 bits per heavy atom. The van der Waals surface area contributed by atoms with Crippen molar-refractivity contribution in [1.82, 2.24) is 23.9 Å². The quantitative estimate of drug-likeness (QED) is 0.139. The minimum absolute atomic E-state index is 0.139. The molecule has 286 valence electrons. The number of para-hydroxylation sites is 1. The first-order valence-electron chi connectivity index (χ1n) is 18.7. The SMILES string of the molecule is Cc1cc(OCCCc2c3n(c4c(-c5c(C)nn(C)c5C)c(Cl)ccc24)C(C)CN(c2cccc4cc(C(N)=O)n(Cc5ccccn5)c24)C3=O)cc(C)c1Cl. The Balaban J connectivity index is 1.28. The van der Waals surface area contributed by atoms with Gasteiger partial charge < -0.3 is 24.5 Å². The fraction of sp³-hybridized carbons (Fsp3) is 0.273. The number of pyridine rings is 1. The average Bonchev–Trinajstić information content (AvgIpc) is 3.79. The summed E-state index contributed by atoms with van der Waals surface area (Å²) >= 11 is 13.6. The number of hydrogen-bond acceptors (Lipinski definition) is 5. The number of rotatable bonds is 10. The Bertz CT molecular complexity index is 2690. The van der Waals surface area contributed by atoms with Crippen molar-refractivity contribution >= 4 is 62.5 Å². The predicted molar refractivity (Wildman–Crippen MR) is 224 cm³/mol. The van der Waals surface area contributed by atoms with Crippen LogP contribution in [0.25, 0.3) is 32.9 Å². The summed E-state index contributed by atoms with van der Waals surface area (Å²) < 4.78 is 12.2. The third-order valence-electron chi connectivity index (χ3n) is 11.1. The van der Waals surface area contributed by atoms with Gasteiger partial charge in [0, 0.05) is 58.4 Å². The highest BCUT2D eigenvalue weighted by Gasteiger charge is 2.38. The summed E-state index contributed by atoms with van der Waals surface area (Å²) in [5.74, 6) is 0.0673. The van der Waals surface area contributed by atoms with Crippen LogP contribution in [0, 0.1) is 27.7 Å². The second-order valence-electron chi connectivity index (χ2n) is 14.8. The van der Waals surface area contributed by atoms with Crippen molar-refractivity contribution < 1.29 is 14.3 Å². The number of benzene rings is 3. The normalized spacial score (nSPS) is 14.2. The van der Waals surface area contributed by atoms with Gasteiger partial charge in [-0.2, -0.15) is 5.10 Å². The lowest BCUT2D eigenvalue weighted by atomic mass is 9.98. The molecule has 7 aromatic rings. The maximum Gasteiger partial charge on any atom is 0.275 e. The van der Waals surface area contributed by atoms with Gasteiger partial charge in [-0.05, 0) is 107 Å². The molecule has 2 N–H and O–H groups in total. The molecule has 8 rings (SSSR count). The van der Waals surface area contributed by atoms with Crippen molar-refractivity contribution in [3.8, 4) is 16.9 Å². The summed E-state index contributed by atoms with van der Waals surface area (Å²) in [6.07, 6.45) is 2.95. The smallest absolute Gasteiger partial charge is 0.275 e. The third-order valence-corrected chi connectivity index (χ3v) is 12.0. The first kappa shape index (κ1) is 37.3. The zero-order chi connectivity index (χ0) is 39.6. The van der Waals surface area contributed by atoms with Crippen molar-refractivity contribution in [3.05, 3.63) is 128 Å². The molecule has 56 heavy (non-hydrogen) atoms. The zero-order valence-electron chi connectivity index (χ0n) is 32.3. The Kier molecular flexibility index (Phi) is 9.66. The number of halogens is 2. The molecule has 4 aromatic heterocycles. The molecule has 5 heterocycles. The van der Waals surface area contributed by atoms with E-state index in [-0.39, 0.29) is 11.9 Å². The van der Waals surface area contributed by atoms with Gasteiger partial charge in [-0.1, -0.05) is 47.5 Å². The summed E-state index contributed by atoms with van der Waals surface area (Å²) in [6.45, 7) is 11.2. The molecule has 0 spiro atoms. The van der Waals surface area contributed by atoms with Crippen LogP contribution in [0.15, 0.2) is 72.9 Å². The fourth-order valence-corrected chi connectivity index (χ4v) is 8.84. The monoisotopic (exact) mass is 787 g/mol. The second kappa shape index (κ2) is 14.5. The molecule has 0 saturated carbocycles. The largest absolute Gasteiger partial charge is 0.494 e. The summed E-state index contributed by atoms with van der Waals surface area (Å²) in [6, 6.07) is 21.0. The molecule has 0 fully saturated rings. The maximum atomic E-state index is 15.3. The molecule has 0 saturated heterocycles. The Labute approximate surface area is 335 Å². The number of aromatic nitrogens is 5. The number of ether oxygens (including phenoxy) is 1. The van der Waals surface area contributed by atoms with E-state index in [9.17, 15) is 4.79 Å². The fourth-order valence-electron chi connectivity index (χ4n) is 8.48. The number of carbonyl (C=O) groups excluding carboxylic acids is 2. The molecule has 0 aliphatic carbocycles. The number of nitrogens with two attached hydrogens (primary N) is 1. The number of aryl methyl sites for hydroxylation is 5. The number of amides is 2. The van der Waals surface area contributed by atoms with Crippen LogP contribution in [-0.2, 0) is 20.0 Å². The number of fused-ring (bicyclic) bond motifs is 4. The Morgan fingerprint density at radius 2 is 1.73 bits per heavy atom. The van der Waals surface area contributed by atoms with Crippen LogP contribution in [0.4, 0.5) is 5.69 Å². The zero-order valence-corrected chi connectivity index (χ0v) is 33.8. The van der Waals surface area contributed by atoms with Crippen LogP contribution in [-0.4, -0.2) is 48.9 Å². The molecule has 1 atom stereocenters. The summed E-state index contributed by atoms with van der Waals surface area (Å²) in [5, 5.41) is 7.84. The molecule has 0 bridgehead atoms. The van der Waals surface area contributed by atoms with E-state index < -0.39 is 5.91 Å². The number of carbonyl (C=O) groups is 2. The molecule has 2 amide bonds. The van der Waals surface area contributed by atoms with Gasteiger partial charge in [-0.3, -0.25) is 19.3 Å². The minimum Gasteiger partial charge on any atom is -0.494 e. The molecule has 1 aliphatic rings. The molecule has 1 unspecified atom stereocenters. The van der Waals surface area contributed by atoms with Gasteiger partial charge in [0.05, 0.1) is 46.3 Å². The number of primary amides is 1. The minimum atomic E-state index is -0.555. The third kappa shape index (κ3) is 6.21. The Hall–Kier alpha value is -5.58. The molecule has 3 aromatic carbocycles. The van der Waals surface area contributed by atoms with Gasteiger partial charge in [0.1, 0.15) is 17.1 Å². The van der Waals surface area contributed by atoms with E-state index in [0.717, 1.165) is 77.5 Å². The lowest BCUT2D eigenvalue weighted by Gasteiger charge is -2.35. The second-order valence-corrected chi connectivity index (χ2v) is 15.6. The summed E-state index contributed by atoms with van der Waals surface area (Å²) in [4.78, 5) is 34.6. The van der Waals surface area contributed by atoms with Crippen LogP contribution >= 0.6 is 23.2 Å². The summed E-state index contributed by atoms with van der Waals surface area (Å²) in [7, 11) is 1.93. The highest BCUT2D eigenvalue weighted by atomic mass is 35.5. The molecule has 1 aliphatic heterocycles. The van der Waals surface area contributed by atoms with E-state index in [1.54, 1.807) is 12.3 Å². The van der Waals surface area contributed by atoms with Crippen molar-refractivity contribution in [1.29, 1.82) is 0 Å². The highest BCUT2D eigenvalue weighted by Crippen LogP contribution is 2.46. The van der Waals surface area contributed by atoms with Gasteiger partial charge in [-0.15, -0.1) is 0 Å². The van der Waals surface area contributed by atoms with Crippen LogP contribution in [0.3, 0.4) is 0 Å². The van der Waals surface area contributed by atoms with Gasteiger partial charge in [-0.25, -0.2) is 0 Å². The van der Waals surface area contributed by atoms with E-state index in [0.29, 0.717) is 54.6 Å². The Morgan fingerprint density at radius 1 is 0.964 bits per heavy atom.